The fraction of sp³-hybridized carbons (Fsp3) is 1.00. The van der Waals surface area contributed by atoms with Gasteiger partial charge in [0.15, 0.2) is 9.84 Å². The summed E-state index contributed by atoms with van der Waals surface area (Å²) in [5, 5.41) is 9.20. The van der Waals surface area contributed by atoms with Crippen LogP contribution in [-0.2, 0) is 14.6 Å². The highest BCUT2D eigenvalue weighted by molar-refractivity contribution is 7.91. The first-order chi connectivity index (χ1) is 6.21. The summed E-state index contributed by atoms with van der Waals surface area (Å²) in [5.74, 6) is -0.0882. The Balaban J connectivity index is 2.48. The van der Waals surface area contributed by atoms with Crippen molar-refractivity contribution in [3.63, 3.8) is 0 Å². The quantitative estimate of drug-likeness (QED) is 0.603. The van der Waals surface area contributed by atoms with E-state index < -0.39 is 26.0 Å². The Labute approximate surface area is 97.0 Å². The molecule has 2 atom stereocenters. The predicted octanol–water partition coefficient (Wildman–Crippen LogP) is 0.879. The van der Waals surface area contributed by atoms with Gasteiger partial charge in [-0.05, 0) is 6.42 Å². The number of ether oxygens (including phenoxy) is 1. The molecule has 1 rings (SSSR count). The summed E-state index contributed by atoms with van der Waals surface area (Å²) in [6.07, 6.45) is -1.88. The topological polar surface area (TPSA) is 63.6 Å². The van der Waals surface area contributed by atoms with Gasteiger partial charge >= 0.3 is 0 Å². The second-order valence-electron chi connectivity index (χ2n) is 3.06. The van der Waals surface area contributed by atoms with E-state index in [-0.39, 0.29) is 11.5 Å². The van der Waals surface area contributed by atoms with Crippen LogP contribution in [0.1, 0.15) is 6.42 Å². The molecule has 1 heterocycles. The van der Waals surface area contributed by atoms with Crippen molar-refractivity contribution in [1.29, 1.82) is 0 Å². The SMILES string of the molecule is O=S1(=O)CC[C@@H](O[C@@H](O)C(Cl)(Cl)Cl)C1. The number of aliphatic hydroxyl groups is 1. The number of hydrogen-bond acceptors (Lipinski definition) is 4. The first kappa shape index (κ1) is 12.8. The Morgan fingerprint density at radius 1 is 1.43 bits per heavy atom. The van der Waals surface area contributed by atoms with E-state index in [1.165, 1.54) is 0 Å². The van der Waals surface area contributed by atoms with E-state index in [1.54, 1.807) is 0 Å². The fourth-order valence-electron chi connectivity index (χ4n) is 1.13. The number of rotatable bonds is 2. The molecular weight excluding hydrogens is 274 g/mol. The van der Waals surface area contributed by atoms with E-state index in [2.05, 4.69) is 0 Å². The monoisotopic (exact) mass is 282 g/mol. The van der Waals surface area contributed by atoms with Crippen LogP contribution in [-0.4, -0.2) is 41.2 Å². The van der Waals surface area contributed by atoms with Crippen LogP contribution >= 0.6 is 34.8 Å². The number of sulfone groups is 1. The minimum Gasteiger partial charge on any atom is -0.365 e. The summed E-state index contributed by atoms with van der Waals surface area (Å²) in [7, 11) is -3.05. The molecule has 1 aliphatic rings. The van der Waals surface area contributed by atoms with Gasteiger partial charge in [0.1, 0.15) is 0 Å². The van der Waals surface area contributed by atoms with Gasteiger partial charge in [-0.3, -0.25) is 0 Å². The second-order valence-corrected chi connectivity index (χ2v) is 7.65. The molecule has 1 fully saturated rings. The van der Waals surface area contributed by atoms with Crippen LogP contribution in [0.2, 0.25) is 0 Å². The molecule has 1 aliphatic heterocycles. The minimum absolute atomic E-state index is 0.0459. The maximum atomic E-state index is 11.0. The van der Waals surface area contributed by atoms with Gasteiger partial charge in [-0.15, -0.1) is 0 Å². The van der Waals surface area contributed by atoms with Crippen LogP contribution in [0.5, 0.6) is 0 Å². The van der Waals surface area contributed by atoms with Crippen LogP contribution < -0.4 is 0 Å². The summed E-state index contributed by atoms with van der Waals surface area (Å²) in [6, 6.07) is 0. The van der Waals surface area contributed by atoms with Crippen LogP contribution in [0.3, 0.4) is 0 Å². The van der Waals surface area contributed by atoms with Crippen LogP contribution in [0.25, 0.3) is 0 Å². The van der Waals surface area contributed by atoms with Crippen molar-refractivity contribution in [1.82, 2.24) is 0 Å². The largest absolute Gasteiger partial charge is 0.365 e. The Morgan fingerprint density at radius 3 is 2.36 bits per heavy atom. The van der Waals surface area contributed by atoms with Gasteiger partial charge in [0.05, 0.1) is 17.6 Å². The first-order valence-corrected chi connectivity index (χ1v) is 6.77. The molecule has 0 spiro atoms. The second kappa shape index (κ2) is 4.31. The highest BCUT2D eigenvalue weighted by Crippen LogP contribution is 2.32. The average molecular weight is 284 g/mol. The van der Waals surface area contributed by atoms with Crippen molar-refractivity contribution >= 4 is 44.6 Å². The number of alkyl halides is 3. The van der Waals surface area contributed by atoms with Gasteiger partial charge in [-0.2, -0.15) is 0 Å². The summed E-state index contributed by atoms with van der Waals surface area (Å²) in [4.78, 5) is 0. The molecule has 8 heteroatoms. The molecule has 1 N–H and O–H groups in total. The molecule has 14 heavy (non-hydrogen) atoms. The molecule has 0 aromatic rings. The lowest BCUT2D eigenvalue weighted by atomic mass is 10.3. The lowest BCUT2D eigenvalue weighted by Crippen LogP contribution is -2.33. The molecule has 84 valence electrons. The fourth-order valence-corrected chi connectivity index (χ4v) is 2.88. The first-order valence-electron chi connectivity index (χ1n) is 3.81. The van der Waals surface area contributed by atoms with Crippen LogP contribution in [0.15, 0.2) is 0 Å². The summed E-state index contributed by atoms with van der Waals surface area (Å²) in [6.45, 7) is 0. The molecule has 4 nitrogen and oxygen atoms in total. The molecular formula is C6H9Cl3O4S. The van der Waals surface area contributed by atoms with Crippen molar-refractivity contribution in [3.8, 4) is 0 Å². The van der Waals surface area contributed by atoms with Crippen molar-refractivity contribution in [2.24, 2.45) is 0 Å². The van der Waals surface area contributed by atoms with E-state index in [4.69, 9.17) is 39.5 Å². The van der Waals surface area contributed by atoms with E-state index in [0.29, 0.717) is 6.42 Å². The molecule has 0 radical (unpaired) electrons. The van der Waals surface area contributed by atoms with Crippen molar-refractivity contribution in [2.75, 3.05) is 11.5 Å². The smallest absolute Gasteiger partial charge is 0.240 e. The third-order valence-corrected chi connectivity index (χ3v) is 4.09. The van der Waals surface area contributed by atoms with E-state index in [1.807, 2.05) is 0 Å². The van der Waals surface area contributed by atoms with Gasteiger partial charge in [0.25, 0.3) is 0 Å². The Morgan fingerprint density at radius 2 is 2.00 bits per heavy atom. The third-order valence-electron chi connectivity index (χ3n) is 1.79. The zero-order chi connectivity index (χ0) is 11.0. The molecule has 0 amide bonds. The number of aliphatic hydroxyl groups excluding tert-OH is 1. The maximum Gasteiger partial charge on any atom is 0.240 e. The molecule has 0 unspecified atom stereocenters. The van der Waals surface area contributed by atoms with Crippen LogP contribution in [0, 0.1) is 0 Å². The molecule has 1 saturated heterocycles. The minimum atomic E-state index is -3.05. The van der Waals surface area contributed by atoms with Gasteiger partial charge < -0.3 is 9.84 Å². The molecule has 0 saturated carbocycles. The van der Waals surface area contributed by atoms with Gasteiger partial charge in [-0.25, -0.2) is 8.42 Å². The molecule has 0 bridgehead atoms. The number of hydrogen-bond donors (Lipinski definition) is 1. The van der Waals surface area contributed by atoms with Gasteiger partial charge in [0, 0.05) is 0 Å². The maximum absolute atomic E-state index is 11.0. The lowest BCUT2D eigenvalue weighted by Gasteiger charge is -2.22. The highest BCUT2D eigenvalue weighted by atomic mass is 35.6. The van der Waals surface area contributed by atoms with Gasteiger partial charge in [-0.1, -0.05) is 34.8 Å². The Hall–Kier alpha value is 0.740. The highest BCUT2D eigenvalue weighted by Gasteiger charge is 2.37. The standard InChI is InChI=1S/C6H9Cl3O4S/c7-6(8,9)5(10)13-4-1-2-14(11,12)3-4/h4-5,10H,1-3H2/t4-,5-/m1/s1. The normalized spacial score (nSPS) is 29.0. The zero-order valence-corrected chi connectivity index (χ0v) is 10.1. The van der Waals surface area contributed by atoms with Crippen LogP contribution in [0.4, 0.5) is 0 Å². The van der Waals surface area contributed by atoms with Gasteiger partial charge in [0.2, 0.25) is 10.1 Å². The zero-order valence-electron chi connectivity index (χ0n) is 6.99. The Bertz CT molecular complexity index is 297. The average Bonchev–Trinajstić information content (AvgIpc) is 2.28. The predicted molar refractivity (Wildman–Crippen MR) is 54.4 cm³/mol. The summed E-state index contributed by atoms with van der Waals surface area (Å²) in [5.41, 5.74) is 0. The molecule has 0 aromatic carbocycles. The molecule has 0 aliphatic carbocycles. The van der Waals surface area contributed by atoms with Crippen molar-refractivity contribution in [3.05, 3.63) is 0 Å². The summed E-state index contributed by atoms with van der Waals surface area (Å²) < 4.78 is 25.0. The van der Waals surface area contributed by atoms with Crippen molar-refractivity contribution in [2.45, 2.75) is 22.6 Å². The van der Waals surface area contributed by atoms with E-state index >= 15 is 0 Å². The Kier molecular flexibility index (Phi) is 3.95. The lowest BCUT2D eigenvalue weighted by molar-refractivity contribution is -0.124. The third kappa shape index (κ3) is 3.72. The van der Waals surface area contributed by atoms with E-state index in [9.17, 15) is 13.5 Å². The van der Waals surface area contributed by atoms with E-state index in [0.717, 1.165) is 0 Å². The summed E-state index contributed by atoms with van der Waals surface area (Å²) >= 11 is 16.0. The van der Waals surface area contributed by atoms with Crippen molar-refractivity contribution < 1.29 is 18.3 Å². The molecule has 0 aromatic heterocycles. The number of halogens is 3.